The van der Waals surface area contributed by atoms with E-state index in [1.54, 1.807) is 0 Å². The van der Waals surface area contributed by atoms with Gasteiger partial charge in [0.05, 0.1) is 47.6 Å². The molecule has 1 amide bonds. The summed E-state index contributed by atoms with van der Waals surface area (Å²) in [4.78, 5) is 132. The zero-order chi connectivity index (χ0) is 98.6. The number of cyclic esters (lactones) is 5. The maximum absolute atomic E-state index is 12.3. The van der Waals surface area contributed by atoms with Crippen molar-refractivity contribution in [2.45, 2.75) is 579 Å². The van der Waals surface area contributed by atoms with Crippen LogP contribution in [-0.4, -0.2) is 112 Å². The molecule has 6 aliphatic rings. The number of carbonyl (C=O) groups is 11. The Hall–Kier alpha value is -5.59. The molecule has 5 saturated heterocycles. The first kappa shape index (κ1) is 124. The number of rotatable bonds is 62. The van der Waals surface area contributed by atoms with Gasteiger partial charge in [0.25, 0.3) is 5.91 Å². The van der Waals surface area contributed by atoms with Crippen LogP contribution in [0.4, 0.5) is 0 Å². The van der Waals surface area contributed by atoms with Gasteiger partial charge in [0.2, 0.25) is 0 Å². The number of ketones is 4. The largest absolute Gasteiger partial charge is 0.462 e. The number of hydrogen-bond acceptors (Lipinski definition) is 18. The van der Waals surface area contributed by atoms with Crippen LogP contribution in [0.5, 0.6) is 0 Å². The van der Waals surface area contributed by atoms with E-state index in [-0.39, 0.29) is 131 Å². The van der Waals surface area contributed by atoms with Gasteiger partial charge in [0.1, 0.15) is 46.5 Å². The van der Waals surface area contributed by atoms with Crippen molar-refractivity contribution >= 4 is 64.9 Å². The summed E-state index contributed by atoms with van der Waals surface area (Å²) in [5.74, 6) is -2.37. The van der Waals surface area contributed by atoms with E-state index in [1.165, 1.54) is 251 Å². The van der Waals surface area contributed by atoms with Crippen molar-refractivity contribution in [2.75, 3.05) is 0 Å². The first-order valence-corrected chi connectivity index (χ1v) is 54.8. The Bertz CT molecular complexity index is 3160. The Balaban J connectivity index is 0.000000794. The normalized spacial score (nSPS) is 23.9. The van der Waals surface area contributed by atoms with E-state index in [2.05, 4.69) is 53.8 Å². The summed E-state index contributed by atoms with van der Waals surface area (Å²) in [6.07, 6.45) is 69.3. The smallest absolute Gasteiger partial charge is 0.337 e. The van der Waals surface area contributed by atoms with Gasteiger partial charge < -0.3 is 38.8 Å². The van der Waals surface area contributed by atoms with Crippen LogP contribution in [0.25, 0.3) is 0 Å². The molecule has 5 fully saturated rings. The van der Waals surface area contributed by atoms with Crippen LogP contribution in [0.15, 0.2) is 22.5 Å². The molecule has 15 atom stereocenters. The van der Waals surface area contributed by atoms with Gasteiger partial charge in [-0.1, -0.05) is 371 Å². The third-order valence-electron chi connectivity index (χ3n) is 27.5. The lowest BCUT2D eigenvalue weighted by Gasteiger charge is -2.37. The molecule has 19 heteroatoms. The summed E-state index contributed by atoms with van der Waals surface area (Å²) in [7, 11) is 0. The van der Waals surface area contributed by atoms with E-state index in [0.717, 1.165) is 128 Å². The number of allylic oxidation sites excluding steroid dienone is 1. The maximum Gasteiger partial charge on any atom is 0.337 e. The molecule has 6 aliphatic heterocycles. The zero-order valence-corrected chi connectivity index (χ0v) is 88.4. The average molecular weight is 1860 g/mol. The van der Waals surface area contributed by atoms with Crippen molar-refractivity contribution in [1.82, 2.24) is 5.32 Å². The fourth-order valence-electron chi connectivity index (χ4n) is 20.2. The Morgan fingerprint density at radius 3 is 1.00 bits per heavy atom. The van der Waals surface area contributed by atoms with E-state index in [4.69, 9.17) is 28.4 Å². The lowest BCUT2D eigenvalue weighted by Crippen LogP contribution is -2.45. The summed E-state index contributed by atoms with van der Waals surface area (Å²) in [6, 6.07) is 0.151. The minimum atomic E-state index is -0.530. The molecule has 132 heavy (non-hydrogen) atoms. The van der Waals surface area contributed by atoms with Crippen molar-refractivity contribution in [2.24, 2.45) is 53.3 Å². The van der Waals surface area contributed by atoms with Crippen LogP contribution >= 0.6 is 0 Å². The fourth-order valence-corrected chi connectivity index (χ4v) is 20.2. The van der Waals surface area contributed by atoms with Crippen LogP contribution in [0.2, 0.25) is 0 Å². The molecule has 766 valence electrons. The molecule has 0 aliphatic carbocycles. The monoisotopic (exact) mass is 1860 g/mol. The lowest BCUT2D eigenvalue weighted by molar-refractivity contribution is -0.177. The molecule has 6 rings (SSSR count). The van der Waals surface area contributed by atoms with Crippen LogP contribution in [0.3, 0.4) is 0 Å². The topological polar surface area (TPSA) is 275 Å². The fraction of sp³-hybridized carbons (Fsp3) is 0.867. The Morgan fingerprint density at radius 1 is 0.379 bits per heavy atom. The van der Waals surface area contributed by atoms with Gasteiger partial charge in [-0.05, 0) is 162 Å². The average Bonchev–Trinajstić information content (AvgIpc) is 0.788. The number of aliphatic hydroxyl groups excluding tert-OH is 1. The number of Topliss-reactive ketones (excluding diaryl/α,β-unsaturated/α-hetero) is 4. The summed E-state index contributed by atoms with van der Waals surface area (Å²) in [5, 5.41) is 13.1. The standard InChI is InChI=1S/C21H36O4.C20H36O3.C19H36O3.2C19H34O3.C15H25NO2/c1-5-6-7-8-9-10-11-12-13-14-19(25-18(4)22)20-16(2)15-17(3)24-21(20)23;1-5-6-7-8-9-10-11-12-13-14-17(21)18-16(2)15-20(3,4)23-19(18)22;3*1-4-5-6-7-8-9-10-11-12-13-17(20)18-15(2)14-16(3)22-19(18)21;1-4-5-6-7-8-9-13(17)14-11(2)10-12(3)16-15(14)18/h16-17H,5-15H2,1-4H3;16,18H,5-15H2,1-4H3;15-18,20H,4-14H2,1-3H3;2*15-16,18H,4-14H2,1-3H3;12H,4-10H2,1-3H3,(H,16,18)/b20-19+;;;;;/t16-,17-;16-,18-;15-,16-,17?,18-;2*15-,16+,18-;12-/m000100/s1. The van der Waals surface area contributed by atoms with Crippen LogP contribution in [0, 0.1) is 53.3 Å². The minimum absolute atomic E-state index is 0.00124. The van der Waals surface area contributed by atoms with Gasteiger partial charge in [0.15, 0.2) is 5.78 Å². The van der Waals surface area contributed by atoms with E-state index in [9.17, 15) is 57.8 Å². The summed E-state index contributed by atoms with van der Waals surface area (Å²) in [6.45, 7) is 40.1. The zero-order valence-electron chi connectivity index (χ0n) is 88.4. The van der Waals surface area contributed by atoms with Crippen LogP contribution < -0.4 is 5.32 Å². The van der Waals surface area contributed by atoms with Gasteiger partial charge in [-0.15, -0.1) is 0 Å². The summed E-state index contributed by atoms with van der Waals surface area (Å²) < 4.78 is 31.9. The van der Waals surface area contributed by atoms with Crippen molar-refractivity contribution in [3.8, 4) is 0 Å². The van der Waals surface area contributed by atoms with E-state index in [1.807, 2.05) is 83.1 Å². The molecule has 0 aromatic rings. The van der Waals surface area contributed by atoms with Gasteiger partial charge in [-0.25, -0.2) is 4.79 Å². The minimum Gasteiger partial charge on any atom is -0.462 e. The molecular weight excluding hydrogens is 1660 g/mol. The molecule has 0 radical (unpaired) electrons. The van der Waals surface area contributed by atoms with E-state index < -0.39 is 29.5 Å². The quantitative estimate of drug-likeness (QED) is 0.0109. The third-order valence-corrected chi connectivity index (χ3v) is 27.5. The van der Waals surface area contributed by atoms with Crippen molar-refractivity contribution < 1.29 is 86.3 Å². The van der Waals surface area contributed by atoms with Crippen molar-refractivity contribution in [3.63, 3.8) is 0 Å². The van der Waals surface area contributed by atoms with Gasteiger partial charge >= 0.3 is 35.8 Å². The molecular formula is C113H201NO18. The first-order valence-electron chi connectivity index (χ1n) is 54.8. The summed E-state index contributed by atoms with van der Waals surface area (Å²) in [5.41, 5.74) is 1.51. The Kier molecular flexibility index (Phi) is 72.0. The maximum atomic E-state index is 12.3. The highest BCUT2D eigenvalue weighted by atomic mass is 16.6. The van der Waals surface area contributed by atoms with Gasteiger partial charge in [-0.2, -0.15) is 0 Å². The van der Waals surface area contributed by atoms with Crippen molar-refractivity contribution in [1.29, 1.82) is 0 Å². The Morgan fingerprint density at radius 2 is 0.682 bits per heavy atom. The van der Waals surface area contributed by atoms with E-state index in [0.29, 0.717) is 49.0 Å². The number of ether oxygens (including phenoxy) is 6. The predicted molar refractivity (Wildman–Crippen MR) is 538 cm³/mol. The number of amides is 1. The number of carbonyl (C=O) groups excluding carboxylic acids is 11. The second kappa shape index (κ2) is 76.4. The highest BCUT2D eigenvalue weighted by molar-refractivity contribution is 6.20. The van der Waals surface area contributed by atoms with E-state index >= 15 is 0 Å². The first-order chi connectivity index (χ1) is 63.1. The molecule has 6 heterocycles. The highest BCUT2D eigenvalue weighted by Crippen LogP contribution is 2.38. The predicted octanol–water partition coefficient (Wildman–Crippen LogP) is 29.3. The van der Waals surface area contributed by atoms with Gasteiger partial charge in [0, 0.05) is 45.1 Å². The number of hydrogen-bond donors (Lipinski definition) is 2. The van der Waals surface area contributed by atoms with Crippen LogP contribution in [-0.2, 0) is 81.2 Å². The molecule has 0 aromatic carbocycles. The molecule has 0 aromatic heterocycles. The number of nitrogens with one attached hydrogen (secondary N) is 1. The van der Waals surface area contributed by atoms with Crippen LogP contribution in [0.1, 0.15) is 537 Å². The molecule has 19 nitrogen and oxygen atoms in total. The highest BCUT2D eigenvalue weighted by Gasteiger charge is 2.45. The SMILES string of the molecule is CCCCCCCC(=O)C1=C(C)C[C@H](C)NC1=O.CCCCCCCCCCC/C(OC(C)=O)=C1\C(=O)O[C@@H](C)C[C@@H]1C.CCCCCCCCCCCC(=O)[C@@H]1C(=O)O[C@@H](C)C[C@H]1C.CCCCCCCCCCCC(=O)[C@H]1C(=O)OC(C)(C)C[C@@H]1C.CCCCCCCCCCCC(=O)[C@H]1C(=O)O[C@H](C)C[C@@H]1C.CCCCCCCCCCCC(O)[C@H]1C(=O)O[C@@H](C)C[C@@H]1C. The lowest BCUT2D eigenvalue weighted by atomic mass is 9.78. The van der Waals surface area contributed by atoms with Crippen molar-refractivity contribution in [3.05, 3.63) is 22.5 Å². The second-order valence-corrected chi connectivity index (χ2v) is 41.7. The Labute approximate surface area is 806 Å². The molecule has 0 spiro atoms. The number of esters is 6. The van der Waals surface area contributed by atoms with Gasteiger partial charge in [-0.3, -0.25) is 47.9 Å². The summed E-state index contributed by atoms with van der Waals surface area (Å²) >= 11 is 0. The molecule has 0 saturated carbocycles. The number of aliphatic hydroxyl groups is 1. The third kappa shape index (κ3) is 56.9. The molecule has 2 N–H and O–H groups in total. The molecule has 0 bridgehead atoms. The number of unbranched alkanes of at least 4 members (excludes halogenated alkanes) is 44. The molecule has 1 unspecified atom stereocenters. The second-order valence-electron chi connectivity index (χ2n) is 41.7.